The van der Waals surface area contributed by atoms with Crippen molar-refractivity contribution in [2.75, 3.05) is 18.4 Å². The molecule has 1 aliphatic heterocycles. The van der Waals surface area contributed by atoms with E-state index in [1.807, 2.05) is 0 Å². The zero-order valence-electron chi connectivity index (χ0n) is 10.1. The molecule has 1 heterocycles. The molecular weight excluding hydrogens is 297 g/mol. The number of rotatable bonds is 1. The second-order valence-electron chi connectivity index (χ2n) is 3.90. The van der Waals surface area contributed by atoms with Crippen LogP contribution >= 0.6 is 12.4 Å². The third-order valence-corrected chi connectivity index (χ3v) is 2.58. The Kier molecular flexibility index (Phi) is 4.83. The van der Waals surface area contributed by atoms with E-state index in [2.05, 4.69) is 10.3 Å². The number of nitrogens with zero attached hydrogens (tertiary/aromatic N) is 2. The van der Waals surface area contributed by atoms with Crippen LogP contribution in [0.15, 0.2) is 29.3 Å². The van der Waals surface area contributed by atoms with Gasteiger partial charge in [0.2, 0.25) is 0 Å². The second-order valence-corrected chi connectivity index (χ2v) is 3.90. The number of amides is 2. The zero-order valence-corrected chi connectivity index (χ0v) is 11.0. The van der Waals surface area contributed by atoms with E-state index in [4.69, 9.17) is 5.73 Å². The van der Waals surface area contributed by atoms with Crippen LogP contribution in [0.1, 0.15) is 5.56 Å². The van der Waals surface area contributed by atoms with E-state index in [-0.39, 0.29) is 24.1 Å². The van der Waals surface area contributed by atoms with Gasteiger partial charge in [-0.1, -0.05) is 0 Å². The van der Waals surface area contributed by atoms with Crippen LogP contribution in [-0.4, -0.2) is 30.0 Å². The van der Waals surface area contributed by atoms with Crippen molar-refractivity contribution in [1.29, 1.82) is 0 Å². The predicted octanol–water partition coefficient (Wildman–Crippen LogP) is 2.29. The van der Waals surface area contributed by atoms with E-state index in [9.17, 15) is 18.0 Å². The first-order valence-electron chi connectivity index (χ1n) is 5.43. The molecular formula is C11H12ClF3N4O. The van der Waals surface area contributed by atoms with Crippen molar-refractivity contribution < 1.29 is 18.0 Å². The number of halogens is 4. The van der Waals surface area contributed by atoms with Crippen LogP contribution in [0.2, 0.25) is 0 Å². The lowest BCUT2D eigenvalue weighted by Gasteiger charge is -2.16. The third kappa shape index (κ3) is 3.53. The summed E-state index contributed by atoms with van der Waals surface area (Å²) in [6.45, 7) is 0.782. The van der Waals surface area contributed by atoms with Gasteiger partial charge in [-0.05, 0) is 24.3 Å². The standard InChI is InChI=1S/C11H11F3N4O.ClH/c12-11(13,14)7-1-3-8(4-2-7)17-10(19)18-6-5-16-9(18)15;/h1-4H,5-6H2,(H2,15,16)(H,17,19);1H. The summed E-state index contributed by atoms with van der Waals surface area (Å²) in [6.07, 6.45) is -4.39. The molecule has 0 aliphatic carbocycles. The fourth-order valence-electron chi connectivity index (χ4n) is 1.60. The number of nitrogens with one attached hydrogen (secondary N) is 1. The average molecular weight is 309 g/mol. The largest absolute Gasteiger partial charge is 0.416 e. The minimum Gasteiger partial charge on any atom is -0.369 e. The molecule has 0 bridgehead atoms. The molecule has 0 unspecified atom stereocenters. The summed E-state index contributed by atoms with van der Waals surface area (Å²) in [4.78, 5) is 16.8. The number of nitrogens with two attached hydrogens (primary N) is 1. The Balaban J connectivity index is 0.00000200. The molecule has 20 heavy (non-hydrogen) atoms. The number of carbonyl (C=O) groups excluding carboxylic acids is 1. The van der Waals surface area contributed by atoms with Crippen molar-refractivity contribution in [2.24, 2.45) is 10.7 Å². The van der Waals surface area contributed by atoms with E-state index in [0.29, 0.717) is 13.1 Å². The van der Waals surface area contributed by atoms with Crippen molar-refractivity contribution in [3.63, 3.8) is 0 Å². The minimum atomic E-state index is -4.39. The molecule has 1 aromatic rings. The van der Waals surface area contributed by atoms with E-state index in [1.54, 1.807) is 0 Å². The molecule has 0 saturated heterocycles. The summed E-state index contributed by atoms with van der Waals surface area (Å²) >= 11 is 0. The number of aliphatic imine (C=N–C) groups is 1. The van der Waals surface area contributed by atoms with Crippen LogP contribution in [-0.2, 0) is 6.18 Å². The highest BCUT2D eigenvalue weighted by Gasteiger charge is 2.30. The maximum atomic E-state index is 12.4. The molecule has 0 fully saturated rings. The highest BCUT2D eigenvalue weighted by molar-refractivity contribution is 6.02. The summed E-state index contributed by atoms with van der Waals surface area (Å²) in [5.41, 5.74) is 4.97. The molecule has 0 spiro atoms. The Labute approximate surface area is 119 Å². The summed E-state index contributed by atoms with van der Waals surface area (Å²) in [5, 5.41) is 2.45. The highest BCUT2D eigenvalue weighted by Crippen LogP contribution is 2.29. The molecule has 0 atom stereocenters. The monoisotopic (exact) mass is 308 g/mol. The minimum absolute atomic E-state index is 0. The summed E-state index contributed by atoms with van der Waals surface area (Å²) < 4.78 is 37.1. The van der Waals surface area contributed by atoms with Gasteiger partial charge in [0.15, 0.2) is 5.96 Å². The lowest BCUT2D eigenvalue weighted by molar-refractivity contribution is -0.137. The first-order valence-corrected chi connectivity index (χ1v) is 5.43. The fraction of sp³-hybridized carbons (Fsp3) is 0.273. The van der Waals surface area contributed by atoms with E-state index in [1.165, 1.54) is 17.0 Å². The molecule has 3 N–H and O–H groups in total. The lowest BCUT2D eigenvalue weighted by Crippen LogP contribution is -2.41. The number of hydrogen-bond donors (Lipinski definition) is 2. The molecule has 110 valence electrons. The lowest BCUT2D eigenvalue weighted by atomic mass is 10.2. The topological polar surface area (TPSA) is 70.7 Å². The quantitative estimate of drug-likeness (QED) is 0.835. The van der Waals surface area contributed by atoms with Gasteiger partial charge >= 0.3 is 12.2 Å². The first-order chi connectivity index (χ1) is 8.88. The molecule has 2 amide bonds. The molecule has 9 heteroatoms. The SMILES string of the molecule is Cl.NC1=NCCN1C(=O)Nc1ccc(C(F)(F)F)cc1. The van der Waals surface area contributed by atoms with Gasteiger partial charge < -0.3 is 11.1 Å². The smallest absolute Gasteiger partial charge is 0.369 e. The first kappa shape index (κ1) is 16.1. The van der Waals surface area contributed by atoms with Gasteiger partial charge in [-0.15, -0.1) is 12.4 Å². The van der Waals surface area contributed by atoms with Gasteiger partial charge in [-0.2, -0.15) is 13.2 Å². The van der Waals surface area contributed by atoms with Crippen molar-refractivity contribution >= 4 is 30.1 Å². The Bertz CT molecular complexity index is 515. The van der Waals surface area contributed by atoms with Crippen LogP contribution < -0.4 is 11.1 Å². The number of guanidine groups is 1. The van der Waals surface area contributed by atoms with Crippen molar-refractivity contribution in [3.8, 4) is 0 Å². The molecule has 1 aromatic carbocycles. The summed E-state index contributed by atoms with van der Waals surface area (Å²) in [6, 6.07) is 3.65. The van der Waals surface area contributed by atoms with Crippen LogP contribution in [0.25, 0.3) is 0 Å². The normalized spacial score (nSPS) is 14.6. The van der Waals surface area contributed by atoms with Gasteiger partial charge in [0.1, 0.15) is 0 Å². The summed E-state index contributed by atoms with van der Waals surface area (Å²) in [7, 11) is 0. The number of urea groups is 1. The van der Waals surface area contributed by atoms with Crippen LogP contribution in [0.3, 0.4) is 0 Å². The van der Waals surface area contributed by atoms with Gasteiger partial charge in [0, 0.05) is 5.69 Å². The van der Waals surface area contributed by atoms with Gasteiger partial charge in [0.25, 0.3) is 0 Å². The number of anilines is 1. The Morgan fingerprint density at radius 2 is 1.90 bits per heavy atom. The third-order valence-electron chi connectivity index (χ3n) is 2.58. The van der Waals surface area contributed by atoms with Crippen LogP contribution in [0.4, 0.5) is 23.7 Å². The maximum absolute atomic E-state index is 12.4. The highest BCUT2D eigenvalue weighted by atomic mass is 35.5. The van der Waals surface area contributed by atoms with Gasteiger partial charge in [-0.3, -0.25) is 9.89 Å². The Hall–Kier alpha value is -1.96. The molecule has 2 rings (SSSR count). The molecule has 0 saturated carbocycles. The molecule has 0 radical (unpaired) electrons. The molecule has 0 aromatic heterocycles. The number of carbonyl (C=O) groups is 1. The van der Waals surface area contributed by atoms with E-state index in [0.717, 1.165) is 12.1 Å². The van der Waals surface area contributed by atoms with Crippen LogP contribution in [0, 0.1) is 0 Å². The predicted molar refractivity (Wildman–Crippen MR) is 70.9 cm³/mol. The van der Waals surface area contributed by atoms with Crippen molar-refractivity contribution in [2.45, 2.75) is 6.18 Å². The van der Waals surface area contributed by atoms with E-state index >= 15 is 0 Å². The average Bonchev–Trinajstić information content (AvgIpc) is 2.75. The number of alkyl halides is 3. The zero-order chi connectivity index (χ0) is 14.0. The molecule has 5 nitrogen and oxygen atoms in total. The van der Waals surface area contributed by atoms with Crippen molar-refractivity contribution in [1.82, 2.24) is 4.90 Å². The number of benzene rings is 1. The summed E-state index contributed by atoms with van der Waals surface area (Å²) in [5.74, 6) is 0.101. The van der Waals surface area contributed by atoms with Gasteiger partial charge in [-0.25, -0.2) is 4.79 Å². The maximum Gasteiger partial charge on any atom is 0.416 e. The second kappa shape index (κ2) is 6.00. The van der Waals surface area contributed by atoms with Gasteiger partial charge in [0.05, 0.1) is 18.7 Å². The number of hydrogen-bond acceptors (Lipinski definition) is 3. The molecule has 1 aliphatic rings. The van der Waals surface area contributed by atoms with E-state index < -0.39 is 17.8 Å². The Morgan fingerprint density at radius 1 is 1.30 bits per heavy atom. The van der Waals surface area contributed by atoms with Crippen molar-refractivity contribution in [3.05, 3.63) is 29.8 Å². The Morgan fingerprint density at radius 3 is 2.35 bits per heavy atom. The fourth-order valence-corrected chi connectivity index (χ4v) is 1.60. The van der Waals surface area contributed by atoms with Crippen LogP contribution in [0.5, 0.6) is 0 Å².